The third kappa shape index (κ3) is 3.13. The molecule has 0 N–H and O–H groups in total. The summed E-state index contributed by atoms with van der Waals surface area (Å²) in [4.78, 5) is 11.6. The van der Waals surface area contributed by atoms with E-state index in [1.807, 2.05) is 12.1 Å². The second-order valence-electron chi connectivity index (χ2n) is 4.78. The Morgan fingerprint density at radius 1 is 1.36 bits per heavy atom. The number of halogens is 1. The van der Waals surface area contributed by atoms with Crippen LogP contribution in [0.5, 0.6) is 5.75 Å². The van der Waals surface area contributed by atoms with Crippen LogP contribution >= 0.6 is 23.1 Å². The predicted molar refractivity (Wildman–Crippen MR) is 85.7 cm³/mol. The molecule has 0 saturated heterocycles. The van der Waals surface area contributed by atoms with Gasteiger partial charge in [-0.05, 0) is 24.1 Å². The third-order valence-electron chi connectivity index (χ3n) is 3.21. The normalized spacial score (nSPS) is 11.0. The number of hydrogen-bond donors (Lipinski definition) is 0. The Morgan fingerprint density at radius 2 is 2.23 bits per heavy atom. The molecule has 2 heterocycles. The molecule has 114 valence electrons. The van der Waals surface area contributed by atoms with E-state index in [-0.39, 0.29) is 12.2 Å². The summed E-state index contributed by atoms with van der Waals surface area (Å²) in [7, 11) is 0. The highest BCUT2D eigenvalue weighted by molar-refractivity contribution is 7.10. The van der Waals surface area contributed by atoms with Gasteiger partial charge in [-0.3, -0.25) is 0 Å². The van der Waals surface area contributed by atoms with Crippen LogP contribution in [-0.2, 0) is 13.0 Å². The van der Waals surface area contributed by atoms with Crippen molar-refractivity contribution in [2.24, 2.45) is 0 Å². The van der Waals surface area contributed by atoms with E-state index >= 15 is 0 Å². The van der Waals surface area contributed by atoms with Gasteiger partial charge in [0.25, 0.3) is 0 Å². The maximum atomic E-state index is 11.6. The second kappa shape index (κ2) is 6.46. The molecule has 0 unspecified atom stereocenters. The van der Waals surface area contributed by atoms with Gasteiger partial charge in [-0.2, -0.15) is 0 Å². The van der Waals surface area contributed by atoms with Crippen molar-refractivity contribution in [3.8, 4) is 5.75 Å². The molecule has 22 heavy (non-hydrogen) atoms. The fourth-order valence-electron chi connectivity index (χ4n) is 2.21. The fraction of sp³-hybridized carbons (Fsp3) is 0.267. The highest BCUT2D eigenvalue weighted by Gasteiger charge is 2.09. The summed E-state index contributed by atoms with van der Waals surface area (Å²) < 4.78 is 15.2. The average molecular weight is 337 g/mol. The van der Waals surface area contributed by atoms with Crippen LogP contribution in [0.2, 0.25) is 4.34 Å². The lowest BCUT2D eigenvalue weighted by Crippen LogP contribution is -2.01. The molecule has 0 radical (unpaired) electrons. The fourth-order valence-corrected chi connectivity index (χ4v) is 2.81. The zero-order valence-electron chi connectivity index (χ0n) is 11.8. The van der Waals surface area contributed by atoms with Crippen LogP contribution in [0.1, 0.15) is 24.6 Å². The summed E-state index contributed by atoms with van der Waals surface area (Å²) >= 11 is 7.05. The summed E-state index contributed by atoms with van der Waals surface area (Å²) in [6.07, 6.45) is 1.80. The van der Waals surface area contributed by atoms with Gasteiger partial charge in [-0.25, -0.2) is 4.79 Å². The quantitative estimate of drug-likeness (QED) is 0.662. The molecule has 2 aromatic heterocycles. The monoisotopic (exact) mass is 336 g/mol. The number of aromatic nitrogens is 2. The SMILES string of the molecule is CCCc1cc(=O)oc2cc(OCc3nnsc3Cl)ccc12. The zero-order valence-corrected chi connectivity index (χ0v) is 13.4. The molecular formula is C15H13ClN2O3S. The smallest absolute Gasteiger partial charge is 0.336 e. The third-order valence-corrected chi connectivity index (χ3v) is 4.19. The Hall–Kier alpha value is -1.92. The van der Waals surface area contributed by atoms with E-state index in [1.54, 1.807) is 12.1 Å². The Balaban J connectivity index is 1.89. The minimum Gasteiger partial charge on any atom is -0.487 e. The number of hydrogen-bond acceptors (Lipinski definition) is 6. The summed E-state index contributed by atoms with van der Waals surface area (Å²) in [6.45, 7) is 2.29. The highest BCUT2D eigenvalue weighted by Crippen LogP contribution is 2.25. The van der Waals surface area contributed by atoms with Crippen molar-refractivity contribution in [1.29, 1.82) is 0 Å². The molecule has 0 amide bonds. The molecule has 0 spiro atoms. The van der Waals surface area contributed by atoms with E-state index in [1.165, 1.54) is 0 Å². The van der Waals surface area contributed by atoms with Crippen LogP contribution in [0.15, 0.2) is 33.5 Å². The molecule has 1 aromatic carbocycles. The number of benzene rings is 1. The number of rotatable bonds is 5. The lowest BCUT2D eigenvalue weighted by atomic mass is 10.1. The van der Waals surface area contributed by atoms with E-state index in [2.05, 4.69) is 16.5 Å². The molecule has 0 aliphatic rings. The van der Waals surface area contributed by atoms with Crippen molar-refractivity contribution in [3.05, 3.63) is 50.3 Å². The molecular weight excluding hydrogens is 324 g/mol. The van der Waals surface area contributed by atoms with Crippen LogP contribution in [-0.4, -0.2) is 9.59 Å². The highest BCUT2D eigenvalue weighted by atomic mass is 35.5. The average Bonchev–Trinajstić information content (AvgIpc) is 2.90. The van der Waals surface area contributed by atoms with Gasteiger partial charge < -0.3 is 9.15 Å². The van der Waals surface area contributed by atoms with E-state index in [9.17, 15) is 4.79 Å². The lowest BCUT2D eigenvalue weighted by Gasteiger charge is -2.07. The zero-order chi connectivity index (χ0) is 15.5. The molecule has 0 aliphatic carbocycles. The predicted octanol–water partition coefficient (Wildman–Crippen LogP) is 3.83. The van der Waals surface area contributed by atoms with Crippen LogP contribution in [0, 0.1) is 0 Å². The second-order valence-corrected chi connectivity index (χ2v) is 6.14. The number of ether oxygens (including phenoxy) is 1. The molecule has 0 fully saturated rings. The van der Waals surface area contributed by atoms with Gasteiger partial charge in [0.15, 0.2) is 0 Å². The molecule has 0 atom stereocenters. The Morgan fingerprint density at radius 3 is 2.95 bits per heavy atom. The molecule has 5 nitrogen and oxygen atoms in total. The van der Waals surface area contributed by atoms with Crippen molar-refractivity contribution in [2.75, 3.05) is 0 Å². The van der Waals surface area contributed by atoms with Gasteiger partial charge >= 0.3 is 5.63 Å². The minimum absolute atomic E-state index is 0.222. The van der Waals surface area contributed by atoms with Crippen molar-refractivity contribution in [3.63, 3.8) is 0 Å². The van der Waals surface area contributed by atoms with E-state index in [0.717, 1.165) is 35.3 Å². The number of nitrogens with zero attached hydrogens (tertiary/aromatic N) is 2. The van der Waals surface area contributed by atoms with Crippen molar-refractivity contribution >= 4 is 34.1 Å². The topological polar surface area (TPSA) is 65.2 Å². The van der Waals surface area contributed by atoms with E-state index in [0.29, 0.717) is 21.4 Å². The lowest BCUT2D eigenvalue weighted by molar-refractivity contribution is 0.301. The van der Waals surface area contributed by atoms with Crippen LogP contribution in [0.4, 0.5) is 0 Å². The van der Waals surface area contributed by atoms with Crippen LogP contribution < -0.4 is 10.4 Å². The Kier molecular flexibility index (Phi) is 4.40. The largest absolute Gasteiger partial charge is 0.487 e. The van der Waals surface area contributed by atoms with Gasteiger partial charge in [0.1, 0.15) is 28.0 Å². The molecule has 3 rings (SSSR count). The van der Waals surface area contributed by atoms with Crippen LogP contribution in [0.3, 0.4) is 0 Å². The summed E-state index contributed by atoms with van der Waals surface area (Å²) in [5.74, 6) is 0.591. The molecule has 7 heteroatoms. The maximum absolute atomic E-state index is 11.6. The van der Waals surface area contributed by atoms with Crippen LogP contribution in [0.25, 0.3) is 11.0 Å². The Bertz CT molecular complexity index is 859. The van der Waals surface area contributed by atoms with Gasteiger partial charge in [-0.1, -0.05) is 29.4 Å². The van der Waals surface area contributed by atoms with E-state index < -0.39 is 0 Å². The van der Waals surface area contributed by atoms with Crippen molar-refractivity contribution < 1.29 is 9.15 Å². The summed E-state index contributed by atoms with van der Waals surface area (Å²) in [5, 5.41) is 4.82. The van der Waals surface area contributed by atoms with Gasteiger partial charge in [0.05, 0.1) is 0 Å². The van der Waals surface area contributed by atoms with Crippen molar-refractivity contribution in [2.45, 2.75) is 26.4 Å². The first-order valence-corrected chi connectivity index (χ1v) is 7.99. The maximum Gasteiger partial charge on any atom is 0.336 e. The van der Waals surface area contributed by atoms with Gasteiger partial charge in [0.2, 0.25) is 0 Å². The van der Waals surface area contributed by atoms with Crippen molar-refractivity contribution in [1.82, 2.24) is 9.59 Å². The first-order valence-electron chi connectivity index (χ1n) is 6.83. The first-order chi connectivity index (χ1) is 10.7. The number of aryl methyl sites for hydroxylation is 1. The Labute approximate surface area is 135 Å². The standard InChI is InChI=1S/C15H13ClN2O3S/c1-2-3-9-6-14(19)21-13-7-10(4-5-11(9)13)20-8-12-15(16)22-18-17-12/h4-7H,2-3,8H2,1H3. The van der Waals surface area contributed by atoms with E-state index in [4.69, 9.17) is 20.8 Å². The molecule has 0 aliphatic heterocycles. The summed E-state index contributed by atoms with van der Waals surface area (Å²) in [6, 6.07) is 7.01. The van der Waals surface area contributed by atoms with Gasteiger partial charge in [0, 0.05) is 29.1 Å². The molecule has 0 saturated carbocycles. The minimum atomic E-state index is -0.347. The molecule has 0 bridgehead atoms. The van der Waals surface area contributed by atoms with Gasteiger partial charge in [-0.15, -0.1) is 5.10 Å². The summed E-state index contributed by atoms with van der Waals surface area (Å²) in [5.41, 5.74) is 1.76. The first kappa shape index (κ1) is 15.0. The number of fused-ring (bicyclic) bond motifs is 1. The molecule has 3 aromatic rings.